The van der Waals surface area contributed by atoms with E-state index in [1.54, 1.807) is 0 Å². The van der Waals surface area contributed by atoms with E-state index in [1.807, 2.05) is 12.2 Å². The Balaban J connectivity index is 1.49. The van der Waals surface area contributed by atoms with E-state index in [4.69, 9.17) is 0 Å². The van der Waals surface area contributed by atoms with Crippen LogP contribution in [0.5, 0.6) is 0 Å². The summed E-state index contributed by atoms with van der Waals surface area (Å²) in [6, 6.07) is 2.22. The molecule has 0 bridgehead atoms. The Morgan fingerprint density at radius 2 is 1.71 bits per heavy atom. The van der Waals surface area contributed by atoms with Crippen molar-refractivity contribution >= 4 is 17.5 Å². The van der Waals surface area contributed by atoms with Gasteiger partial charge in [-0.15, -0.1) is 0 Å². The largest absolute Gasteiger partial charge is 0.481 e. The van der Waals surface area contributed by atoms with Gasteiger partial charge in [-0.05, 0) is 104 Å². The zero-order chi connectivity index (χ0) is 27.5. The lowest BCUT2D eigenvalue weighted by molar-refractivity contribution is -0.172. The van der Waals surface area contributed by atoms with Gasteiger partial charge in [-0.25, -0.2) is 0 Å². The predicted octanol–water partition coefficient (Wildman–Crippen LogP) is 6.82. The number of carboxylic acid groups (broad SMARTS) is 1. The highest BCUT2D eigenvalue weighted by atomic mass is 16.4. The van der Waals surface area contributed by atoms with Crippen molar-refractivity contribution in [2.24, 2.45) is 50.2 Å². The van der Waals surface area contributed by atoms with E-state index in [0.717, 1.165) is 63.4 Å². The lowest BCUT2D eigenvalue weighted by Gasteiger charge is -2.69. The predicted molar refractivity (Wildman–Crippen MR) is 144 cm³/mol. The third kappa shape index (κ3) is 3.12. The maximum atomic E-state index is 14.4. The molecule has 6 rings (SSSR count). The minimum absolute atomic E-state index is 0.0308. The van der Waals surface area contributed by atoms with E-state index in [2.05, 4.69) is 40.7 Å². The van der Waals surface area contributed by atoms with Gasteiger partial charge in [0, 0.05) is 23.2 Å². The molecule has 0 aromatic rings. The Morgan fingerprint density at radius 3 is 2.34 bits per heavy atom. The molecule has 6 aliphatic carbocycles. The number of nitriles is 1. The number of nitrogens with zero attached hydrogens (tertiary/aromatic N) is 1. The number of hydrogen-bond donors (Lipinski definition) is 1. The summed E-state index contributed by atoms with van der Waals surface area (Å²) >= 11 is 0. The Morgan fingerprint density at radius 1 is 1.03 bits per heavy atom. The number of allylic oxidation sites excluding steroid dienone is 4. The zero-order valence-electron chi connectivity index (χ0n) is 23.8. The zero-order valence-corrected chi connectivity index (χ0v) is 23.8. The Kier molecular flexibility index (Phi) is 5.28. The highest BCUT2D eigenvalue weighted by molar-refractivity contribution is 6.06. The van der Waals surface area contributed by atoms with Gasteiger partial charge >= 0.3 is 5.97 Å². The minimum Gasteiger partial charge on any atom is -0.481 e. The van der Waals surface area contributed by atoms with E-state index in [0.29, 0.717) is 6.42 Å². The molecule has 1 spiro atoms. The van der Waals surface area contributed by atoms with Gasteiger partial charge in [0.1, 0.15) is 6.07 Å². The van der Waals surface area contributed by atoms with Gasteiger partial charge in [0.2, 0.25) is 0 Å². The molecule has 38 heavy (non-hydrogen) atoms. The number of carbonyl (C=O) groups excluding carboxylic acids is 2. The number of hydrogen-bond acceptors (Lipinski definition) is 4. The molecule has 0 aromatic heterocycles. The molecule has 0 radical (unpaired) electrons. The second-order valence-corrected chi connectivity index (χ2v) is 15.4. The fourth-order valence-electron chi connectivity index (χ4n) is 10.9. The smallest absolute Gasteiger partial charge is 0.303 e. The summed E-state index contributed by atoms with van der Waals surface area (Å²) in [5, 5.41) is 19.5. The van der Waals surface area contributed by atoms with Crippen molar-refractivity contribution in [3.8, 4) is 6.07 Å². The van der Waals surface area contributed by atoms with Crippen LogP contribution in [-0.2, 0) is 14.4 Å². The van der Waals surface area contributed by atoms with Crippen LogP contribution < -0.4 is 0 Å². The summed E-state index contributed by atoms with van der Waals surface area (Å²) in [5.41, 5.74) is 0.188. The normalized spacial score (nSPS) is 45.9. The molecule has 0 amide bonds. The first-order valence-electron chi connectivity index (χ1n) is 14.8. The highest BCUT2D eigenvalue weighted by Gasteiger charge is 2.72. The maximum Gasteiger partial charge on any atom is 0.303 e. The Bertz CT molecular complexity index is 1250. The van der Waals surface area contributed by atoms with E-state index >= 15 is 0 Å². The number of carbonyl (C=O) groups is 3. The quantitative estimate of drug-likeness (QED) is 0.443. The lowest BCUT2D eigenvalue weighted by Crippen LogP contribution is -2.64. The fraction of sp³-hybridized carbons (Fsp3) is 0.758. The van der Waals surface area contributed by atoms with Crippen LogP contribution in [0.1, 0.15) is 105 Å². The van der Waals surface area contributed by atoms with Crippen LogP contribution in [0.3, 0.4) is 0 Å². The van der Waals surface area contributed by atoms with Crippen LogP contribution in [0.15, 0.2) is 23.3 Å². The van der Waals surface area contributed by atoms with Crippen LogP contribution in [0.25, 0.3) is 0 Å². The molecular formula is C33H43NO4. The Hall–Kier alpha value is -2.22. The van der Waals surface area contributed by atoms with Crippen molar-refractivity contribution in [2.45, 2.75) is 105 Å². The molecule has 0 aliphatic heterocycles. The van der Waals surface area contributed by atoms with Crippen molar-refractivity contribution in [1.29, 1.82) is 5.26 Å². The van der Waals surface area contributed by atoms with Crippen molar-refractivity contribution in [2.75, 3.05) is 0 Å². The van der Waals surface area contributed by atoms with Gasteiger partial charge in [-0.1, -0.05) is 46.3 Å². The van der Waals surface area contributed by atoms with Gasteiger partial charge in [0.25, 0.3) is 0 Å². The van der Waals surface area contributed by atoms with Crippen molar-refractivity contribution in [3.05, 3.63) is 23.3 Å². The molecular weight excluding hydrogens is 474 g/mol. The van der Waals surface area contributed by atoms with Crippen LogP contribution in [0.2, 0.25) is 0 Å². The van der Waals surface area contributed by atoms with Crippen LogP contribution in [0, 0.1) is 61.6 Å². The summed E-state index contributed by atoms with van der Waals surface area (Å²) in [5.74, 6) is -0.282. The number of ketones is 2. The molecule has 6 aliphatic rings. The number of Topliss-reactive ketones (excluding diaryl/α,β-unsaturated/α-hetero) is 1. The molecule has 0 saturated heterocycles. The van der Waals surface area contributed by atoms with E-state index in [1.165, 1.54) is 0 Å². The maximum absolute atomic E-state index is 14.4. The summed E-state index contributed by atoms with van der Waals surface area (Å²) in [4.78, 5) is 39.4. The van der Waals surface area contributed by atoms with Crippen molar-refractivity contribution in [3.63, 3.8) is 0 Å². The summed E-state index contributed by atoms with van der Waals surface area (Å²) in [6.07, 6.45) is 13.3. The molecule has 5 heteroatoms. The molecule has 7 atom stereocenters. The lowest BCUT2D eigenvalue weighted by atomic mass is 9.34. The average Bonchev–Trinajstić information content (AvgIpc) is 3.63. The standard InChI is InChI=1S/C33H43NO4/c1-28(2)10-12-32(9-7-25(36)37)13-11-31(5)26(21(32)18-28)22(35)16-24-29(3)17-20(19-34)27(38)33(14-15-33)23(29)6-8-30(24,31)4/h16-17,21,23,26H,6-15,18H2,1-5H3,(H,36,37)/t21-,23+,26-,29-,30+,31+,32+/m0/s1. The SMILES string of the molecule is CC1(C)CC[C@]2(CCC(=O)O)CC[C@]3(C)[C@H](C(=O)C=C4[C@@]5(C)C=C(C#N)C(=O)C6(CC6)[C@@H]5CC[C@]43C)[C@@H]2C1. The number of carboxylic acids is 1. The average molecular weight is 518 g/mol. The number of rotatable bonds is 3. The van der Waals surface area contributed by atoms with Crippen LogP contribution in [-0.4, -0.2) is 22.6 Å². The Labute approximate surface area is 227 Å². The van der Waals surface area contributed by atoms with E-state index in [9.17, 15) is 24.8 Å². The molecule has 1 N–H and O–H groups in total. The third-order valence-corrected chi connectivity index (χ3v) is 13.3. The fourth-order valence-corrected chi connectivity index (χ4v) is 10.9. The summed E-state index contributed by atoms with van der Waals surface area (Å²) in [6.45, 7) is 11.5. The minimum atomic E-state index is -0.743. The van der Waals surface area contributed by atoms with Gasteiger partial charge in [0.05, 0.1) is 5.57 Å². The van der Waals surface area contributed by atoms with Gasteiger partial charge < -0.3 is 5.11 Å². The number of fused-ring (bicyclic) bond motifs is 8. The molecule has 4 saturated carbocycles. The van der Waals surface area contributed by atoms with E-state index < -0.39 is 16.8 Å². The van der Waals surface area contributed by atoms with Gasteiger partial charge in [-0.2, -0.15) is 5.26 Å². The summed E-state index contributed by atoms with van der Waals surface area (Å²) in [7, 11) is 0. The van der Waals surface area contributed by atoms with Gasteiger partial charge in [0.15, 0.2) is 11.6 Å². The highest BCUT2D eigenvalue weighted by Crippen LogP contribution is 2.77. The first kappa shape index (κ1) is 26.0. The molecule has 4 fully saturated rings. The van der Waals surface area contributed by atoms with Crippen molar-refractivity contribution in [1.82, 2.24) is 0 Å². The molecule has 0 unspecified atom stereocenters. The van der Waals surface area contributed by atoms with Crippen LogP contribution in [0.4, 0.5) is 0 Å². The first-order chi connectivity index (χ1) is 17.7. The van der Waals surface area contributed by atoms with Crippen LogP contribution >= 0.6 is 0 Å². The molecule has 0 aromatic carbocycles. The molecule has 0 heterocycles. The van der Waals surface area contributed by atoms with Crippen molar-refractivity contribution < 1.29 is 19.5 Å². The second kappa shape index (κ2) is 7.70. The molecule has 204 valence electrons. The summed E-state index contributed by atoms with van der Waals surface area (Å²) < 4.78 is 0. The van der Waals surface area contributed by atoms with E-state index in [-0.39, 0.29) is 63.0 Å². The topological polar surface area (TPSA) is 95.2 Å². The van der Waals surface area contributed by atoms with Gasteiger partial charge in [-0.3, -0.25) is 14.4 Å². The third-order valence-electron chi connectivity index (χ3n) is 13.3. The monoisotopic (exact) mass is 517 g/mol. The second-order valence-electron chi connectivity index (χ2n) is 15.4. The number of aliphatic carboxylic acids is 1. The first-order valence-corrected chi connectivity index (χ1v) is 14.8. The molecule has 5 nitrogen and oxygen atoms in total.